The summed E-state index contributed by atoms with van der Waals surface area (Å²) in [5.41, 5.74) is 5.25. The molecule has 0 bridgehead atoms. The van der Waals surface area contributed by atoms with Crippen molar-refractivity contribution >= 4 is 97.1 Å². The number of nitrogens with zero attached hydrogens (tertiary/aromatic N) is 5. The highest BCUT2D eigenvalue weighted by Gasteiger charge is 2.50. The quantitative estimate of drug-likeness (QED) is 0.0305. The predicted molar refractivity (Wildman–Crippen MR) is 508 cm³/mol. The molecule has 2 aromatic rings. The monoisotopic (exact) mass is 2100 g/mol. The number of nitrogens with one attached hydrogen (secondary N) is 6. The predicted octanol–water partition coefficient (Wildman–Crippen LogP) is -0.0254. The number of carbonyl (C=O) groups excluding carboxylic acids is 11. The minimum absolute atomic E-state index is 0.000657. The number of Topliss-reactive ketones (excluding diaryl/α,β-unsaturated/α-hetero) is 4. The average molecular weight is 2100 g/mol. The molecule has 20 N–H and O–H groups in total. The number of ketones is 4. The molecule has 1 saturated carbocycles. The summed E-state index contributed by atoms with van der Waals surface area (Å²) in [6.07, 6.45) is -4.24. The van der Waals surface area contributed by atoms with Crippen LogP contribution in [-0.2, 0) is 123 Å². The molecule has 144 heavy (non-hydrogen) atoms. The van der Waals surface area contributed by atoms with Crippen LogP contribution in [0.4, 0.5) is 5.82 Å². The molecular formula is C92H156N12O38P2. The second-order valence-corrected chi connectivity index (χ2v) is 40.3. The molecule has 4 saturated heterocycles. The molecule has 23 atom stereocenters. The van der Waals surface area contributed by atoms with Gasteiger partial charge in [0.05, 0.1) is 97.3 Å². The van der Waals surface area contributed by atoms with Crippen LogP contribution in [0.15, 0.2) is 12.7 Å². The van der Waals surface area contributed by atoms with Gasteiger partial charge in [-0.25, -0.2) is 24.1 Å². The first kappa shape index (κ1) is 124. The summed E-state index contributed by atoms with van der Waals surface area (Å²) >= 11 is 0. The highest BCUT2D eigenvalue weighted by atomic mass is 31.2. The number of fused-ring (bicyclic) bond motifs is 1. The Bertz CT molecular complexity index is 4100. The van der Waals surface area contributed by atoms with Crippen LogP contribution in [0.3, 0.4) is 0 Å². The van der Waals surface area contributed by atoms with Gasteiger partial charge in [-0.2, -0.15) is 0 Å². The van der Waals surface area contributed by atoms with Crippen LogP contribution in [0, 0.1) is 5.92 Å². The summed E-state index contributed by atoms with van der Waals surface area (Å²) in [6, 6.07) is -4.59. The van der Waals surface area contributed by atoms with E-state index in [0.717, 1.165) is 7.11 Å². The average Bonchev–Trinajstić information content (AvgIpc) is 1.62. The first-order valence-corrected chi connectivity index (χ1v) is 53.1. The molecule has 4 aliphatic heterocycles. The van der Waals surface area contributed by atoms with Crippen molar-refractivity contribution in [2.24, 2.45) is 5.92 Å². The lowest BCUT2D eigenvalue weighted by Crippen LogP contribution is -2.64. The minimum Gasteiger partial charge on any atom is -0.394 e. The van der Waals surface area contributed by atoms with Crippen molar-refractivity contribution in [3.8, 4) is 0 Å². The molecule has 9 unspecified atom stereocenters. The van der Waals surface area contributed by atoms with E-state index in [1.54, 1.807) is 4.57 Å². The number of unbranched alkanes of at least 4 members (excludes halogenated alkanes) is 12. The summed E-state index contributed by atoms with van der Waals surface area (Å²) < 4.78 is 101. The number of amides is 7. The van der Waals surface area contributed by atoms with Crippen molar-refractivity contribution in [1.29, 1.82) is 0 Å². The van der Waals surface area contributed by atoms with Gasteiger partial charge in [0.25, 0.3) is 0 Å². The molecule has 0 spiro atoms. The van der Waals surface area contributed by atoms with Gasteiger partial charge in [-0.1, -0.05) is 32.1 Å². The standard InChI is InChI=1S/C92H156N12O38P2/c1-58(108)99-77-84(123)81(120)70(48-105)139-89(77)134-38-21-16-28-64(111)24-10-9-11-25-66(113)33-41-131-53-92(54-132-42-34-67(114)27-15-20-36-94-73(116)30-18-23-40-136-91-79(101-60(3)110)86(125)83(122)72(50-107)141-91,55-133-43-35-74(117)95-37-19-14-26-65(112)29-17-22-39-135-90-78(100-59(2)109)85(124)82(121)71(49-106)140-90)102-75(118)31-12-7-5-6-8-13-32-76(119)103-47-68(115)45-63(103)52-138-144(128,129)142-69-46-62(44-61(69)51-137-143(126,127)130-4)104-57-98-80-87(93)96-56-97-88(80)104/h56-57,61-63,68-72,77-79,81-86,89-91,105-107,115,120-125H,5-55H2,1-4H3,(H,94,116)(H,95,117)(H,99,108)(H,100,109)(H,101,110)(H,102,118)(H,126,127)(H,128,129)(H2,93,96,97)/t61-,62-,63+,68-,69+,70?,71?,72?,77?,78?,79?,81+,82+,83+,84-,85-,86-,89-,90-,91-,92?/m1/s1. The van der Waals surface area contributed by atoms with Gasteiger partial charge in [-0.3, -0.25) is 70.8 Å². The molecule has 7 amide bonds. The number of β-amino-alcohol motifs (C(OH)–C–C–N with tert-alkyl or cyclic N) is 1. The second kappa shape index (κ2) is 65.7. The van der Waals surface area contributed by atoms with Crippen LogP contribution in [0.5, 0.6) is 0 Å². The van der Waals surface area contributed by atoms with Crippen LogP contribution in [0.1, 0.15) is 245 Å². The van der Waals surface area contributed by atoms with Gasteiger partial charge < -0.3 is 151 Å². The van der Waals surface area contributed by atoms with Gasteiger partial charge in [0.2, 0.25) is 41.4 Å². The fourth-order valence-corrected chi connectivity index (χ4v) is 19.1. The molecule has 52 heteroatoms. The fraction of sp³-hybridized carbons (Fsp3) is 0.826. The van der Waals surface area contributed by atoms with Crippen molar-refractivity contribution < 1.29 is 183 Å². The van der Waals surface area contributed by atoms with Gasteiger partial charge in [0.1, 0.15) is 114 Å². The number of ether oxygens (including phenoxy) is 9. The van der Waals surface area contributed by atoms with Crippen molar-refractivity contribution in [2.75, 3.05) is 125 Å². The van der Waals surface area contributed by atoms with Crippen LogP contribution >= 0.6 is 15.6 Å². The number of hydrogen-bond donors (Lipinski definition) is 19. The number of aliphatic hydroxyl groups is 10. The Hall–Kier alpha value is -7.22. The van der Waals surface area contributed by atoms with E-state index in [0.29, 0.717) is 133 Å². The summed E-state index contributed by atoms with van der Waals surface area (Å²) in [5, 5.41) is 119. The maximum Gasteiger partial charge on any atom is 0.472 e. The molecule has 50 nitrogen and oxygen atoms in total. The Labute approximate surface area is 837 Å². The number of hydrogen-bond acceptors (Lipinski definition) is 40. The SMILES string of the molecule is COP(=O)(O)OC[C@H]1C[C@@H](n2cnc3c(N)ncnc32)C[C@@H]1OP(=O)(O)OC[C@@H]1C[C@@H](O)CN1C(=O)CCCCCCCCC(=O)NC(COCCC(=O)CCCCCC(=O)CCCCO[C@@H]1OC(CO)[C@H](O)[C@H](O)C1NC(C)=O)(COCCC(=O)CCCCNC(=O)CCCCO[C@@H]1OC(CO)[C@H](O)[C@H](O)C1NC(C)=O)COCCC(=O)NCCCCC(=O)CCCCO[C@@H]1OC(CO)[C@H](O)[C@H](O)C1NC(C)=O. The first-order valence-electron chi connectivity index (χ1n) is 50.1. The minimum atomic E-state index is -4.93. The van der Waals surface area contributed by atoms with Crippen molar-refractivity contribution in [2.45, 2.75) is 361 Å². The third kappa shape index (κ3) is 44.1. The lowest BCUT2D eigenvalue weighted by atomic mass is 9.97. The highest BCUT2D eigenvalue weighted by molar-refractivity contribution is 7.47. The summed E-state index contributed by atoms with van der Waals surface area (Å²) in [7, 11) is -8.43. The number of nitrogen functional groups attached to an aromatic ring is 1. The number of aromatic nitrogens is 4. The zero-order valence-electron chi connectivity index (χ0n) is 83.0. The Balaban J connectivity index is 0.905. The van der Waals surface area contributed by atoms with Crippen LogP contribution in [0.25, 0.3) is 11.2 Å². The zero-order chi connectivity index (χ0) is 105. The maximum absolute atomic E-state index is 14.3. The Morgan fingerprint density at radius 2 is 0.854 bits per heavy atom. The Morgan fingerprint density at radius 3 is 1.31 bits per heavy atom. The third-order valence-corrected chi connectivity index (χ3v) is 27.5. The molecular weight excluding hydrogens is 1940 g/mol. The highest BCUT2D eigenvalue weighted by Crippen LogP contribution is 2.53. The Kier molecular flexibility index (Phi) is 56.4. The first-order chi connectivity index (χ1) is 68.8. The van der Waals surface area contributed by atoms with E-state index in [-0.39, 0.29) is 222 Å². The molecule has 0 radical (unpaired) electrons. The van der Waals surface area contributed by atoms with E-state index in [2.05, 4.69) is 51.4 Å². The van der Waals surface area contributed by atoms with Gasteiger partial charge in [0.15, 0.2) is 30.3 Å². The molecule has 822 valence electrons. The van der Waals surface area contributed by atoms with Crippen molar-refractivity contribution in [1.82, 2.24) is 56.3 Å². The number of phosphoric acid groups is 2. The fourth-order valence-electron chi connectivity index (χ4n) is 17.6. The van der Waals surface area contributed by atoms with Gasteiger partial charge in [-0.15, -0.1) is 0 Å². The lowest BCUT2D eigenvalue weighted by molar-refractivity contribution is -0.270. The largest absolute Gasteiger partial charge is 0.472 e. The van der Waals surface area contributed by atoms with E-state index in [1.807, 2.05) is 0 Å². The maximum atomic E-state index is 14.3. The number of imidazole rings is 1. The molecule has 7 rings (SSSR count). The number of likely N-dealkylation sites (tertiary alicyclic amines) is 1. The summed E-state index contributed by atoms with van der Waals surface area (Å²) in [5.74, 6) is -3.82. The molecule has 1 aliphatic carbocycles. The summed E-state index contributed by atoms with van der Waals surface area (Å²) in [6.45, 7) is 0.476. The zero-order valence-corrected chi connectivity index (χ0v) is 84.7. The van der Waals surface area contributed by atoms with Crippen LogP contribution in [0.2, 0.25) is 0 Å². The number of carbonyl (C=O) groups is 11. The number of aliphatic hydroxyl groups excluding tert-OH is 10. The van der Waals surface area contributed by atoms with Gasteiger partial charge in [-0.05, 0) is 109 Å². The smallest absolute Gasteiger partial charge is 0.394 e. The summed E-state index contributed by atoms with van der Waals surface area (Å²) in [4.78, 5) is 177. The number of rotatable bonds is 75. The third-order valence-electron chi connectivity index (χ3n) is 25.5. The van der Waals surface area contributed by atoms with Crippen molar-refractivity contribution in [3.05, 3.63) is 12.7 Å². The van der Waals surface area contributed by atoms with Crippen LogP contribution in [-0.4, -0.2) is 385 Å². The normalized spacial score (nSPS) is 26.2. The topological polar surface area (TPSA) is 730 Å². The van der Waals surface area contributed by atoms with Crippen molar-refractivity contribution in [3.63, 3.8) is 0 Å². The Morgan fingerprint density at radius 1 is 0.458 bits per heavy atom. The van der Waals surface area contributed by atoms with Gasteiger partial charge >= 0.3 is 15.6 Å². The molecule has 5 fully saturated rings. The van der Waals surface area contributed by atoms with E-state index in [9.17, 15) is 123 Å². The van der Waals surface area contributed by atoms with E-state index < -0.39 is 200 Å². The second-order valence-electron chi connectivity index (χ2n) is 37.4. The number of nitrogens with two attached hydrogens (primary N) is 1. The van der Waals surface area contributed by atoms with E-state index in [1.165, 1.54) is 38.3 Å². The molecule has 0 aromatic carbocycles. The van der Waals surface area contributed by atoms with Crippen LogP contribution < -0.4 is 37.6 Å². The number of anilines is 1. The molecule has 5 aliphatic rings. The molecule has 2 aromatic heterocycles. The van der Waals surface area contributed by atoms with E-state index >= 15 is 0 Å². The lowest BCUT2D eigenvalue weighted by Gasteiger charge is -2.42. The molecule has 6 heterocycles. The van der Waals surface area contributed by atoms with E-state index in [4.69, 9.17) is 61.9 Å². The van der Waals surface area contributed by atoms with Gasteiger partial charge in [0, 0.05) is 156 Å². The number of phosphoric ester groups is 2.